The molecule has 0 saturated heterocycles. The summed E-state index contributed by atoms with van der Waals surface area (Å²) in [5.74, 6) is 1.14. The zero-order valence-electron chi connectivity index (χ0n) is 16.0. The molecule has 0 saturated carbocycles. The van der Waals surface area contributed by atoms with Gasteiger partial charge in [0.2, 0.25) is 0 Å². The minimum absolute atomic E-state index is 0.00793. The van der Waals surface area contributed by atoms with Crippen molar-refractivity contribution in [1.82, 2.24) is 4.98 Å². The van der Waals surface area contributed by atoms with Crippen molar-refractivity contribution >= 4 is 23.0 Å². The van der Waals surface area contributed by atoms with Crippen LogP contribution in [0, 0.1) is 20.2 Å². The third-order valence-corrected chi connectivity index (χ3v) is 4.66. The summed E-state index contributed by atoms with van der Waals surface area (Å²) in [5, 5.41) is 21.8. The Morgan fingerprint density at radius 1 is 0.742 bits per heavy atom. The number of furan rings is 1. The Labute approximate surface area is 176 Å². The first-order valence-corrected chi connectivity index (χ1v) is 9.23. The van der Waals surface area contributed by atoms with Crippen LogP contribution in [0.3, 0.4) is 0 Å². The van der Waals surface area contributed by atoms with Gasteiger partial charge in [-0.1, -0.05) is 0 Å². The molecule has 0 atom stereocenters. The summed E-state index contributed by atoms with van der Waals surface area (Å²) < 4.78 is 5.94. The maximum absolute atomic E-state index is 11.0. The van der Waals surface area contributed by atoms with Crippen molar-refractivity contribution in [2.75, 3.05) is 0 Å². The molecule has 152 valence electrons. The normalized spacial score (nSPS) is 11.3. The third-order valence-electron chi connectivity index (χ3n) is 4.66. The van der Waals surface area contributed by atoms with E-state index in [1.807, 2.05) is 18.2 Å². The summed E-state index contributed by atoms with van der Waals surface area (Å²) in [5.41, 5.74) is 3.19. The minimum Gasteiger partial charge on any atom is -0.457 e. The van der Waals surface area contributed by atoms with E-state index in [2.05, 4.69) is 4.98 Å². The second-order valence-corrected chi connectivity index (χ2v) is 6.60. The number of pyridine rings is 1. The molecule has 0 unspecified atom stereocenters. The van der Waals surface area contributed by atoms with Crippen LogP contribution in [0.1, 0.15) is 16.9 Å². The summed E-state index contributed by atoms with van der Waals surface area (Å²) in [6.07, 6.45) is 5.17. The van der Waals surface area contributed by atoms with Crippen molar-refractivity contribution in [1.29, 1.82) is 0 Å². The molecule has 2 aromatic carbocycles. The highest BCUT2D eigenvalue weighted by atomic mass is 16.6. The molecule has 0 aliphatic heterocycles. The number of nitro benzene ring substituents is 2. The van der Waals surface area contributed by atoms with Gasteiger partial charge in [-0.25, -0.2) is 0 Å². The van der Waals surface area contributed by atoms with Crippen molar-refractivity contribution in [2.24, 2.45) is 0 Å². The van der Waals surface area contributed by atoms with Gasteiger partial charge in [0.25, 0.3) is 11.4 Å². The maximum atomic E-state index is 11.0. The van der Waals surface area contributed by atoms with Gasteiger partial charge in [-0.15, -0.1) is 0 Å². The number of nitrogens with zero attached hydrogens (tertiary/aromatic N) is 3. The highest BCUT2D eigenvalue weighted by molar-refractivity contribution is 5.90. The first kappa shape index (κ1) is 19.7. The fourth-order valence-electron chi connectivity index (χ4n) is 3.10. The standard InChI is InChI=1S/C23H15N3O5/c27-25(28)19-5-1-16(2-6-19)22(17-11-13-24-14-12-17)15-21-9-10-23(31-21)18-3-7-20(8-4-18)26(29)30/h1-15H. The highest BCUT2D eigenvalue weighted by Crippen LogP contribution is 2.30. The van der Waals surface area contributed by atoms with Gasteiger partial charge in [-0.05, 0) is 71.3 Å². The smallest absolute Gasteiger partial charge is 0.269 e. The van der Waals surface area contributed by atoms with Gasteiger partial charge < -0.3 is 4.42 Å². The van der Waals surface area contributed by atoms with E-state index in [4.69, 9.17) is 4.42 Å². The van der Waals surface area contributed by atoms with E-state index >= 15 is 0 Å². The summed E-state index contributed by atoms with van der Waals surface area (Å²) in [4.78, 5) is 24.9. The molecule has 8 nitrogen and oxygen atoms in total. The fraction of sp³-hybridized carbons (Fsp3) is 0. The highest BCUT2D eigenvalue weighted by Gasteiger charge is 2.12. The summed E-state index contributed by atoms with van der Waals surface area (Å²) in [6.45, 7) is 0. The van der Waals surface area contributed by atoms with Gasteiger partial charge in [-0.2, -0.15) is 0 Å². The number of nitro groups is 2. The SMILES string of the molecule is O=[N+]([O-])c1ccc(C(=Cc2ccc(-c3ccc([N+](=O)[O-])cc3)o2)c2ccncc2)cc1. The van der Waals surface area contributed by atoms with Crippen molar-refractivity contribution in [3.05, 3.63) is 122 Å². The van der Waals surface area contributed by atoms with Crippen LogP contribution in [0.4, 0.5) is 11.4 Å². The number of aromatic nitrogens is 1. The predicted molar refractivity (Wildman–Crippen MR) is 115 cm³/mol. The number of hydrogen-bond acceptors (Lipinski definition) is 6. The van der Waals surface area contributed by atoms with E-state index in [-0.39, 0.29) is 11.4 Å². The van der Waals surface area contributed by atoms with Crippen LogP contribution in [-0.4, -0.2) is 14.8 Å². The largest absolute Gasteiger partial charge is 0.457 e. The van der Waals surface area contributed by atoms with E-state index < -0.39 is 9.85 Å². The molecule has 31 heavy (non-hydrogen) atoms. The second kappa shape index (κ2) is 8.42. The van der Waals surface area contributed by atoms with Crippen molar-refractivity contribution < 1.29 is 14.3 Å². The summed E-state index contributed by atoms with van der Waals surface area (Å²) in [6, 6.07) is 19.6. The lowest BCUT2D eigenvalue weighted by molar-refractivity contribution is -0.385. The molecule has 4 rings (SSSR count). The fourth-order valence-corrected chi connectivity index (χ4v) is 3.10. The molecule has 0 N–H and O–H groups in total. The third kappa shape index (κ3) is 4.38. The van der Waals surface area contributed by atoms with Gasteiger partial charge in [0.05, 0.1) is 9.85 Å². The topological polar surface area (TPSA) is 112 Å². The lowest BCUT2D eigenvalue weighted by Gasteiger charge is -2.08. The Morgan fingerprint density at radius 2 is 1.29 bits per heavy atom. The van der Waals surface area contributed by atoms with Crippen LogP contribution in [0.5, 0.6) is 0 Å². The van der Waals surface area contributed by atoms with Gasteiger partial charge >= 0.3 is 0 Å². The molecular weight excluding hydrogens is 398 g/mol. The average molecular weight is 413 g/mol. The van der Waals surface area contributed by atoms with Crippen LogP contribution in [0.25, 0.3) is 23.0 Å². The van der Waals surface area contributed by atoms with E-state index in [1.165, 1.54) is 24.3 Å². The molecule has 0 bridgehead atoms. The predicted octanol–water partition coefficient (Wildman–Crippen LogP) is 5.75. The monoisotopic (exact) mass is 413 g/mol. The van der Waals surface area contributed by atoms with Crippen molar-refractivity contribution in [3.8, 4) is 11.3 Å². The first-order valence-electron chi connectivity index (χ1n) is 9.23. The molecule has 0 fully saturated rings. The zero-order chi connectivity index (χ0) is 21.8. The number of non-ortho nitro benzene ring substituents is 2. The Balaban J connectivity index is 1.71. The van der Waals surface area contributed by atoms with E-state index in [0.29, 0.717) is 17.1 Å². The molecule has 0 aliphatic rings. The Kier molecular flexibility index (Phi) is 5.35. The van der Waals surface area contributed by atoms with Gasteiger partial charge in [0.1, 0.15) is 11.5 Å². The lowest BCUT2D eigenvalue weighted by atomic mass is 9.97. The van der Waals surface area contributed by atoms with Crippen LogP contribution in [0.2, 0.25) is 0 Å². The molecule has 0 aliphatic carbocycles. The van der Waals surface area contributed by atoms with E-state index in [9.17, 15) is 20.2 Å². The first-order chi connectivity index (χ1) is 15.0. The summed E-state index contributed by atoms with van der Waals surface area (Å²) in [7, 11) is 0. The van der Waals surface area contributed by atoms with E-state index in [0.717, 1.165) is 16.7 Å². The lowest BCUT2D eigenvalue weighted by Crippen LogP contribution is -1.91. The van der Waals surface area contributed by atoms with Gasteiger partial charge in [-0.3, -0.25) is 25.2 Å². The number of benzene rings is 2. The Bertz CT molecular complexity index is 1260. The second-order valence-electron chi connectivity index (χ2n) is 6.60. The van der Waals surface area contributed by atoms with Crippen LogP contribution in [0.15, 0.2) is 89.6 Å². The molecule has 0 radical (unpaired) electrons. The molecule has 2 heterocycles. The molecule has 8 heteroatoms. The molecule has 0 spiro atoms. The quantitative estimate of drug-likeness (QED) is 0.294. The average Bonchev–Trinajstić information content (AvgIpc) is 3.27. The van der Waals surface area contributed by atoms with Crippen LogP contribution >= 0.6 is 0 Å². The van der Waals surface area contributed by atoms with Gasteiger partial charge in [0.15, 0.2) is 0 Å². The molecule has 0 amide bonds. The number of hydrogen-bond donors (Lipinski definition) is 0. The van der Waals surface area contributed by atoms with Crippen molar-refractivity contribution in [2.45, 2.75) is 0 Å². The van der Waals surface area contributed by atoms with E-state index in [1.54, 1.807) is 48.8 Å². The molecular formula is C23H15N3O5. The zero-order valence-corrected chi connectivity index (χ0v) is 16.0. The van der Waals surface area contributed by atoms with Crippen LogP contribution in [-0.2, 0) is 0 Å². The molecule has 2 aromatic heterocycles. The molecule has 4 aromatic rings. The minimum atomic E-state index is -0.453. The van der Waals surface area contributed by atoms with Crippen LogP contribution < -0.4 is 0 Å². The maximum Gasteiger partial charge on any atom is 0.269 e. The number of rotatable bonds is 6. The van der Waals surface area contributed by atoms with Gasteiger partial charge in [0, 0.05) is 42.2 Å². The summed E-state index contributed by atoms with van der Waals surface area (Å²) >= 11 is 0. The Hall–Kier alpha value is -4.59. The Morgan fingerprint density at radius 3 is 1.87 bits per heavy atom. The van der Waals surface area contributed by atoms with Crippen molar-refractivity contribution in [3.63, 3.8) is 0 Å².